The molecular weight excluding hydrogens is 293 g/mol. The van der Waals surface area contributed by atoms with E-state index in [4.69, 9.17) is 0 Å². The molecule has 1 aromatic rings. The Morgan fingerprint density at radius 1 is 1.57 bits per heavy atom. The van der Waals surface area contributed by atoms with Gasteiger partial charge in [-0.15, -0.1) is 0 Å². The predicted octanol–water partition coefficient (Wildman–Crippen LogP) is 1.29. The van der Waals surface area contributed by atoms with Crippen LogP contribution in [0.1, 0.15) is 13.8 Å². The quantitative estimate of drug-likeness (QED) is 0.855. The van der Waals surface area contributed by atoms with E-state index >= 15 is 0 Å². The lowest BCUT2D eigenvalue weighted by atomic mass is 10.1. The van der Waals surface area contributed by atoms with E-state index in [1.54, 1.807) is 20.0 Å². The van der Waals surface area contributed by atoms with E-state index in [-0.39, 0.29) is 0 Å². The second-order valence-electron chi connectivity index (χ2n) is 3.86. The predicted molar refractivity (Wildman–Crippen MR) is 64.3 cm³/mol. The van der Waals surface area contributed by atoms with Crippen molar-refractivity contribution in [1.82, 2.24) is 9.97 Å². The Bertz CT molecular complexity index is 311. The summed E-state index contributed by atoms with van der Waals surface area (Å²) in [4.78, 5) is 9.99. The van der Waals surface area contributed by atoms with Crippen LogP contribution in [0.15, 0.2) is 12.5 Å². The molecule has 1 aromatic heterocycles. The van der Waals surface area contributed by atoms with Crippen LogP contribution in [-0.2, 0) is 0 Å². The van der Waals surface area contributed by atoms with E-state index in [2.05, 4.69) is 32.6 Å². The molecule has 0 aliphatic rings. The van der Waals surface area contributed by atoms with Crippen molar-refractivity contribution in [2.75, 3.05) is 18.5 Å². The number of nitrogens with zero attached hydrogens (tertiary/aromatic N) is 3. The summed E-state index contributed by atoms with van der Waals surface area (Å²) in [5, 5.41) is 9.65. The van der Waals surface area contributed by atoms with Crippen molar-refractivity contribution in [2.45, 2.75) is 19.4 Å². The van der Waals surface area contributed by atoms with Gasteiger partial charge in [0.2, 0.25) is 0 Å². The highest BCUT2D eigenvalue weighted by atomic mass is 127. The summed E-state index contributed by atoms with van der Waals surface area (Å²) in [6.07, 6.45) is 3.27. The molecule has 0 bridgehead atoms. The van der Waals surface area contributed by atoms with Gasteiger partial charge >= 0.3 is 0 Å². The molecule has 1 N–H and O–H groups in total. The lowest BCUT2D eigenvalue weighted by Crippen LogP contribution is -2.37. The van der Waals surface area contributed by atoms with Crippen LogP contribution in [0.25, 0.3) is 0 Å². The van der Waals surface area contributed by atoms with Crippen molar-refractivity contribution in [3.05, 3.63) is 16.1 Å². The molecule has 4 nitrogen and oxygen atoms in total. The molecule has 0 spiro atoms. The summed E-state index contributed by atoms with van der Waals surface area (Å²) in [5.74, 6) is 0.850. The molecule has 0 aromatic carbocycles. The summed E-state index contributed by atoms with van der Waals surface area (Å²) in [6.45, 7) is 4.09. The fourth-order valence-electron chi connectivity index (χ4n) is 1.24. The maximum absolute atomic E-state index is 9.65. The molecule has 14 heavy (non-hydrogen) atoms. The Labute approximate surface area is 97.5 Å². The van der Waals surface area contributed by atoms with E-state index in [1.807, 2.05) is 11.9 Å². The molecule has 5 heteroatoms. The molecule has 0 atom stereocenters. The number of hydrogen-bond acceptors (Lipinski definition) is 4. The van der Waals surface area contributed by atoms with Gasteiger partial charge < -0.3 is 10.0 Å². The van der Waals surface area contributed by atoms with Crippen LogP contribution in [0.5, 0.6) is 0 Å². The first-order chi connectivity index (χ1) is 6.40. The molecule has 1 heterocycles. The lowest BCUT2D eigenvalue weighted by Gasteiger charge is -2.26. The van der Waals surface area contributed by atoms with Crippen molar-refractivity contribution in [2.24, 2.45) is 0 Å². The molecule has 0 aliphatic heterocycles. The Morgan fingerprint density at radius 3 is 2.71 bits per heavy atom. The van der Waals surface area contributed by atoms with Gasteiger partial charge in [-0.05, 0) is 36.4 Å². The molecule has 0 aliphatic carbocycles. The number of aromatic nitrogens is 2. The van der Waals surface area contributed by atoms with Crippen LogP contribution < -0.4 is 4.90 Å². The summed E-state index contributed by atoms with van der Waals surface area (Å²) in [6, 6.07) is 0. The minimum Gasteiger partial charge on any atom is -0.389 e. The zero-order valence-corrected chi connectivity index (χ0v) is 10.7. The molecule has 0 radical (unpaired) electrons. The third-order valence-electron chi connectivity index (χ3n) is 1.63. The first kappa shape index (κ1) is 11.6. The molecular formula is C9H14IN3O. The number of aliphatic hydroxyl groups is 1. The number of halogens is 1. The van der Waals surface area contributed by atoms with Crippen molar-refractivity contribution in [3.8, 4) is 0 Å². The molecule has 0 amide bonds. The minimum atomic E-state index is -0.719. The van der Waals surface area contributed by atoms with E-state index in [0.717, 1.165) is 9.39 Å². The van der Waals surface area contributed by atoms with Gasteiger partial charge in [0.05, 0.1) is 9.17 Å². The Balaban J connectivity index is 2.80. The number of likely N-dealkylation sites (N-methyl/N-ethyl adjacent to an activating group) is 1. The van der Waals surface area contributed by atoms with Gasteiger partial charge in [-0.1, -0.05) is 0 Å². The first-order valence-corrected chi connectivity index (χ1v) is 5.37. The largest absolute Gasteiger partial charge is 0.389 e. The summed E-state index contributed by atoms with van der Waals surface area (Å²) >= 11 is 2.18. The SMILES string of the molecule is CN(CC(C)(C)O)c1ncncc1I. The Hall–Kier alpha value is -0.430. The zero-order valence-electron chi connectivity index (χ0n) is 8.53. The van der Waals surface area contributed by atoms with Crippen LogP contribution in [0.4, 0.5) is 5.82 Å². The van der Waals surface area contributed by atoms with E-state index in [0.29, 0.717) is 6.54 Å². The molecule has 0 fully saturated rings. The molecule has 0 saturated carbocycles. The smallest absolute Gasteiger partial charge is 0.145 e. The van der Waals surface area contributed by atoms with Gasteiger partial charge in [-0.25, -0.2) is 9.97 Å². The average Bonchev–Trinajstić information content (AvgIpc) is 2.01. The van der Waals surface area contributed by atoms with Crippen molar-refractivity contribution < 1.29 is 5.11 Å². The third kappa shape index (κ3) is 3.38. The Kier molecular flexibility index (Phi) is 3.65. The van der Waals surface area contributed by atoms with E-state index in [9.17, 15) is 5.11 Å². The number of rotatable bonds is 3. The van der Waals surface area contributed by atoms with Crippen LogP contribution in [-0.4, -0.2) is 34.3 Å². The standard InChI is InChI=1S/C9H14IN3O/c1-9(2,14)5-13(3)8-7(10)4-11-6-12-8/h4,6,14H,5H2,1-3H3. The number of hydrogen-bond donors (Lipinski definition) is 1. The fourth-order valence-corrected chi connectivity index (χ4v) is 1.95. The van der Waals surface area contributed by atoms with Gasteiger partial charge in [0.15, 0.2) is 0 Å². The highest BCUT2D eigenvalue weighted by Gasteiger charge is 2.17. The second kappa shape index (κ2) is 4.39. The monoisotopic (exact) mass is 307 g/mol. The maximum atomic E-state index is 9.65. The van der Waals surface area contributed by atoms with Gasteiger partial charge in [0.25, 0.3) is 0 Å². The van der Waals surface area contributed by atoms with E-state index < -0.39 is 5.60 Å². The van der Waals surface area contributed by atoms with Crippen LogP contribution in [0, 0.1) is 3.57 Å². The van der Waals surface area contributed by atoms with Crippen LogP contribution >= 0.6 is 22.6 Å². The van der Waals surface area contributed by atoms with Gasteiger partial charge in [0.1, 0.15) is 12.1 Å². The zero-order chi connectivity index (χ0) is 10.8. The van der Waals surface area contributed by atoms with Crippen molar-refractivity contribution in [1.29, 1.82) is 0 Å². The highest BCUT2D eigenvalue weighted by Crippen LogP contribution is 2.18. The molecule has 78 valence electrons. The first-order valence-electron chi connectivity index (χ1n) is 4.29. The third-order valence-corrected chi connectivity index (χ3v) is 2.39. The fraction of sp³-hybridized carbons (Fsp3) is 0.556. The van der Waals surface area contributed by atoms with Crippen LogP contribution in [0.3, 0.4) is 0 Å². The second-order valence-corrected chi connectivity index (χ2v) is 5.02. The molecule has 1 rings (SSSR count). The van der Waals surface area contributed by atoms with E-state index in [1.165, 1.54) is 6.33 Å². The van der Waals surface area contributed by atoms with Crippen molar-refractivity contribution in [3.63, 3.8) is 0 Å². The summed E-state index contributed by atoms with van der Waals surface area (Å²) in [5.41, 5.74) is -0.719. The molecule has 0 saturated heterocycles. The topological polar surface area (TPSA) is 49.2 Å². The van der Waals surface area contributed by atoms with Gasteiger partial charge in [-0.2, -0.15) is 0 Å². The Morgan fingerprint density at radius 2 is 2.21 bits per heavy atom. The minimum absolute atomic E-state index is 0.542. The highest BCUT2D eigenvalue weighted by molar-refractivity contribution is 14.1. The summed E-state index contributed by atoms with van der Waals surface area (Å²) < 4.78 is 0.983. The maximum Gasteiger partial charge on any atom is 0.145 e. The normalized spacial score (nSPS) is 11.5. The lowest BCUT2D eigenvalue weighted by molar-refractivity contribution is 0.0884. The van der Waals surface area contributed by atoms with Gasteiger partial charge in [0, 0.05) is 19.8 Å². The van der Waals surface area contributed by atoms with Crippen LogP contribution in [0.2, 0.25) is 0 Å². The molecule has 0 unspecified atom stereocenters. The average molecular weight is 307 g/mol. The number of anilines is 1. The van der Waals surface area contributed by atoms with Crippen molar-refractivity contribution >= 4 is 28.4 Å². The van der Waals surface area contributed by atoms with Gasteiger partial charge in [-0.3, -0.25) is 0 Å². The summed E-state index contributed by atoms with van der Waals surface area (Å²) in [7, 11) is 1.91.